The Hall–Kier alpha value is -0.200. The fourth-order valence-electron chi connectivity index (χ4n) is 3.90. The van der Waals surface area contributed by atoms with Crippen molar-refractivity contribution in [2.45, 2.75) is 89.4 Å². The van der Waals surface area contributed by atoms with Gasteiger partial charge in [-0.2, -0.15) is 5.06 Å². The maximum atomic E-state index is 9.92. The predicted molar refractivity (Wildman–Crippen MR) is 83.4 cm³/mol. The molecule has 0 aromatic rings. The molecule has 5 nitrogen and oxygen atoms in total. The largest absolute Gasteiger partial charge is 0.396 e. The summed E-state index contributed by atoms with van der Waals surface area (Å²) in [5.41, 5.74) is -0.610. The first-order valence-corrected chi connectivity index (χ1v) is 8.47. The van der Waals surface area contributed by atoms with Crippen LogP contribution in [0, 0.1) is 5.92 Å². The van der Waals surface area contributed by atoms with E-state index in [0.29, 0.717) is 6.54 Å². The molecule has 1 saturated carbocycles. The molecule has 1 N–H and O–H groups in total. The maximum absolute atomic E-state index is 9.92. The molecule has 22 heavy (non-hydrogen) atoms. The van der Waals surface area contributed by atoms with Crippen molar-refractivity contribution >= 4 is 0 Å². The molecule has 2 aliphatic heterocycles. The number of hydrogen-bond acceptors (Lipinski definition) is 5. The SMILES string of the molecule is CC(C)(C)O[C@@H]1[C@H]2[C@H](CO)C3(CC3)ON2C[C@H]1OC(C)(C)C. The lowest BCUT2D eigenvalue weighted by Crippen LogP contribution is -2.47. The van der Waals surface area contributed by atoms with E-state index < -0.39 is 0 Å². The minimum atomic E-state index is -0.251. The normalized spacial score (nSPS) is 37.8. The lowest BCUT2D eigenvalue weighted by molar-refractivity contribution is -0.172. The number of rotatable bonds is 3. The van der Waals surface area contributed by atoms with Crippen molar-refractivity contribution in [3.63, 3.8) is 0 Å². The molecule has 3 rings (SSSR count). The number of hydroxylamine groups is 2. The van der Waals surface area contributed by atoms with Crippen LogP contribution in [0.15, 0.2) is 0 Å². The van der Waals surface area contributed by atoms with Crippen molar-refractivity contribution in [3.05, 3.63) is 0 Å². The Bertz CT molecular complexity index is 421. The molecule has 0 bridgehead atoms. The van der Waals surface area contributed by atoms with Gasteiger partial charge in [-0.15, -0.1) is 0 Å². The average Bonchev–Trinajstić information content (AvgIpc) is 2.93. The fourth-order valence-corrected chi connectivity index (χ4v) is 3.90. The van der Waals surface area contributed by atoms with E-state index in [1.54, 1.807) is 0 Å². The number of aliphatic hydroxyl groups is 1. The molecule has 2 saturated heterocycles. The Morgan fingerprint density at radius 1 is 1.09 bits per heavy atom. The van der Waals surface area contributed by atoms with Crippen LogP contribution < -0.4 is 0 Å². The van der Waals surface area contributed by atoms with Gasteiger partial charge in [-0.3, -0.25) is 4.84 Å². The molecule has 1 aliphatic carbocycles. The molecule has 2 heterocycles. The second kappa shape index (κ2) is 5.15. The number of hydrogen-bond donors (Lipinski definition) is 1. The number of nitrogens with zero attached hydrogens (tertiary/aromatic N) is 1. The van der Waals surface area contributed by atoms with E-state index in [-0.39, 0.29) is 47.6 Å². The van der Waals surface area contributed by atoms with Crippen LogP contribution in [0.4, 0.5) is 0 Å². The highest BCUT2D eigenvalue weighted by atomic mass is 16.7. The lowest BCUT2D eigenvalue weighted by Gasteiger charge is -2.35. The molecule has 3 aliphatic rings. The fraction of sp³-hybridized carbons (Fsp3) is 1.00. The third-order valence-corrected chi connectivity index (χ3v) is 4.72. The van der Waals surface area contributed by atoms with Crippen molar-refractivity contribution in [2.24, 2.45) is 5.92 Å². The summed E-state index contributed by atoms with van der Waals surface area (Å²) in [7, 11) is 0. The molecule has 0 amide bonds. The van der Waals surface area contributed by atoms with E-state index in [0.717, 1.165) is 12.8 Å². The van der Waals surface area contributed by atoms with Gasteiger partial charge >= 0.3 is 0 Å². The van der Waals surface area contributed by atoms with Crippen LogP contribution in [-0.2, 0) is 14.3 Å². The molecule has 0 aromatic heterocycles. The van der Waals surface area contributed by atoms with Crippen LogP contribution in [-0.4, -0.2) is 58.4 Å². The molecule has 3 fully saturated rings. The van der Waals surface area contributed by atoms with Crippen molar-refractivity contribution in [1.29, 1.82) is 0 Å². The third kappa shape index (κ3) is 3.06. The minimum absolute atomic E-state index is 0.0330. The second-order valence-corrected chi connectivity index (χ2v) is 9.00. The highest BCUT2D eigenvalue weighted by Crippen LogP contribution is 2.56. The average molecular weight is 313 g/mol. The summed E-state index contributed by atoms with van der Waals surface area (Å²) >= 11 is 0. The van der Waals surface area contributed by atoms with Crippen molar-refractivity contribution in [2.75, 3.05) is 13.2 Å². The highest BCUT2D eigenvalue weighted by Gasteiger charge is 2.67. The van der Waals surface area contributed by atoms with Crippen LogP contribution in [0.25, 0.3) is 0 Å². The zero-order chi connectivity index (χ0) is 16.3. The quantitative estimate of drug-likeness (QED) is 0.865. The Balaban J connectivity index is 1.83. The van der Waals surface area contributed by atoms with E-state index in [2.05, 4.69) is 41.5 Å². The first-order valence-electron chi connectivity index (χ1n) is 8.47. The van der Waals surface area contributed by atoms with E-state index in [9.17, 15) is 5.11 Å². The van der Waals surface area contributed by atoms with Crippen molar-refractivity contribution in [1.82, 2.24) is 5.06 Å². The van der Waals surface area contributed by atoms with Gasteiger partial charge in [0.2, 0.25) is 0 Å². The number of aliphatic hydroxyl groups excluding tert-OH is 1. The Labute approximate surface area is 133 Å². The highest BCUT2D eigenvalue weighted by molar-refractivity contribution is 5.14. The molecule has 0 radical (unpaired) electrons. The Morgan fingerprint density at radius 3 is 2.14 bits per heavy atom. The van der Waals surface area contributed by atoms with E-state index >= 15 is 0 Å². The molecule has 5 heteroatoms. The predicted octanol–water partition coefficient (Wildman–Crippen LogP) is 2.12. The molecule has 0 unspecified atom stereocenters. The summed E-state index contributed by atoms with van der Waals surface area (Å²) in [6.07, 6.45) is 1.97. The lowest BCUT2D eigenvalue weighted by atomic mass is 9.89. The second-order valence-electron chi connectivity index (χ2n) is 9.00. The standard InChI is InChI=1S/C17H31NO4/c1-15(2,3)20-12-9-18-13(14(12)21-16(4,5)6)11(10-19)17(22-18)7-8-17/h11-14,19H,7-10H2,1-6H3/t11-,12+,13+,14-/m0/s1. The zero-order valence-corrected chi connectivity index (χ0v) is 14.8. The number of fused-ring (bicyclic) bond motifs is 1. The summed E-state index contributed by atoms with van der Waals surface area (Å²) in [5.74, 6) is 0.119. The van der Waals surface area contributed by atoms with Gasteiger partial charge in [0, 0.05) is 5.92 Å². The summed E-state index contributed by atoms with van der Waals surface area (Å²) < 4.78 is 12.6. The van der Waals surface area contributed by atoms with E-state index in [4.69, 9.17) is 14.3 Å². The monoisotopic (exact) mass is 313 g/mol. The van der Waals surface area contributed by atoms with Gasteiger partial charge in [0.25, 0.3) is 0 Å². The smallest absolute Gasteiger partial charge is 0.104 e. The first-order chi connectivity index (χ1) is 10.0. The van der Waals surface area contributed by atoms with E-state index in [1.165, 1.54) is 0 Å². The molecular weight excluding hydrogens is 282 g/mol. The van der Waals surface area contributed by atoms with Gasteiger partial charge in [0.1, 0.15) is 12.2 Å². The van der Waals surface area contributed by atoms with Crippen molar-refractivity contribution in [3.8, 4) is 0 Å². The summed E-state index contributed by atoms with van der Waals surface area (Å²) in [6, 6.07) is 0.0825. The van der Waals surface area contributed by atoms with E-state index in [1.807, 2.05) is 5.06 Å². The zero-order valence-electron chi connectivity index (χ0n) is 14.8. The molecule has 128 valence electrons. The Morgan fingerprint density at radius 2 is 1.68 bits per heavy atom. The maximum Gasteiger partial charge on any atom is 0.104 e. The van der Waals surface area contributed by atoms with Crippen LogP contribution in [0.1, 0.15) is 54.4 Å². The summed E-state index contributed by atoms with van der Waals surface area (Å²) in [6.45, 7) is 13.3. The van der Waals surface area contributed by atoms with Gasteiger partial charge in [-0.1, -0.05) is 0 Å². The molecule has 1 spiro atoms. The van der Waals surface area contributed by atoms with Gasteiger partial charge < -0.3 is 14.6 Å². The Kier molecular flexibility index (Phi) is 3.90. The van der Waals surface area contributed by atoms with Gasteiger partial charge in [-0.25, -0.2) is 0 Å². The third-order valence-electron chi connectivity index (χ3n) is 4.72. The summed E-state index contributed by atoms with van der Waals surface area (Å²) in [4.78, 5) is 6.19. The van der Waals surface area contributed by atoms with Crippen LogP contribution >= 0.6 is 0 Å². The van der Waals surface area contributed by atoms with Crippen molar-refractivity contribution < 1.29 is 19.4 Å². The van der Waals surface area contributed by atoms with Crippen LogP contribution in [0.5, 0.6) is 0 Å². The number of ether oxygens (including phenoxy) is 2. The van der Waals surface area contributed by atoms with Crippen LogP contribution in [0.2, 0.25) is 0 Å². The minimum Gasteiger partial charge on any atom is -0.396 e. The van der Waals surface area contributed by atoms with Gasteiger partial charge in [0.15, 0.2) is 0 Å². The molecule has 4 atom stereocenters. The molecular formula is C17H31NO4. The first kappa shape index (κ1) is 16.7. The van der Waals surface area contributed by atoms with Crippen LogP contribution in [0.3, 0.4) is 0 Å². The van der Waals surface area contributed by atoms with Gasteiger partial charge in [-0.05, 0) is 54.4 Å². The topological polar surface area (TPSA) is 51.2 Å². The van der Waals surface area contributed by atoms with Gasteiger partial charge in [0.05, 0.1) is 36.0 Å². The molecule has 0 aromatic carbocycles. The summed E-state index contributed by atoms with van der Waals surface area (Å²) in [5, 5.41) is 11.9.